The summed E-state index contributed by atoms with van der Waals surface area (Å²) in [6, 6.07) is 12.0. The van der Waals surface area contributed by atoms with E-state index in [0.29, 0.717) is 18.0 Å². The summed E-state index contributed by atoms with van der Waals surface area (Å²) in [5.74, 6) is 0.711. The van der Waals surface area contributed by atoms with E-state index in [1.54, 1.807) is 10.9 Å². The molecule has 6 nitrogen and oxygen atoms in total. The van der Waals surface area contributed by atoms with Crippen molar-refractivity contribution >= 4 is 5.69 Å². The molecule has 0 saturated carbocycles. The molecule has 2 aromatic heterocycles. The summed E-state index contributed by atoms with van der Waals surface area (Å²) < 4.78 is 7.29. The van der Waals surface area contributed by atoms with Crippen molar-refractivity contribution in [2.75, 3.05) is 18.0 Å². The van der Waals surface area contributed by atoms with E-state index in [1.807, 2.05) is 24.3 Å². The van der Waals surface area contributed by atoms with Gasteiger partial charge in [0.25, 0.3) is 0 Å². The number of anilines is 1. The highest BCUT2D eigenvalue weighted by Crippen LogP contribution is 2.26. The monoisotopic (exact) mass is 311 g/mol. The Labute approximate surface area is 135 Å². The third-order valence-corrected chi connectivity index (χ3v) is 3.91. The zero-order valence-electron chi connectivity index (χ0n) is 13.4. The van der Waals surface area contributed by atoms with Crippen LogP contribution in [0, 0.1) is 0 Å². The second kappa shape index (κ2) is 6.66. The Morgan fingerprint density at radius 1 is 1.13 bits per heavy atom. The second-order valence-corrected chi connectivity index (χ2v) is 5.17. The molecule has 3 aromatic rings. The summed E-state index contributed by atoms with van der Waals surface area (Å²) in [7, 11) is 0. The van der Waals surface area contributed by atoms with Gasteiger partial charge in [-0.1, -0.05) is 5.21 Å². The fraction of sp³-hybridized carbons (Fsp3) is 0.294. The highest BCUT2D eigenvalue weighted by molar-refractivity contribution is 5.60. The first-order chi connectivity index (χ1) is 11.3. The van der Waals surface area contributed by atoms with E-state index in [-0.39, 0.29) is 0 Å². The SMILES string of the molecule is CCN(CC)c1ccc(-n2nnc(CN)c2-c2ccco2)cc1. The molecule has 0 radical (unpaired) electrons. The minimum absolute atomic E-state index is 0.313. The van der Waals surface area contributed by atoms with Gasteiger partial charge in [0.15, 0.2) is 5.76 Å². The van der Waals surface area contributed by atoms with E-state index >= 15 is 0 Å². The van der Waals surface area contributed by atoms with Gasteiger partial charge in [-0.3, -0.25) is 0 Å². The topological polar surface area (TPSA) is 73.1 Å². The van der Waals surface area contributed by atoms with Crippen LogP contribution in [0.2, 0.25) is 0 Å². The molecule has 0 aliphatic heterocycles. The zero-order chi connectivity index (χ0) is 16.2. The number of nitrogens with zero attached hydrogens (tertiary/aromatic N) is 4. The molecular formula is C17H21N5O. The standard InChI is InChI=1S/C17H21N5O/c1-3-21(4-2)13-7-9-14(10-8-13)22-17(15(12-18)19-20-22)16-6-5-11-23-16/h5-11H,3-4,12,18H2,1-2H3. The first kappa shape index (κ1) is 15.3. The molecule has 3 rings (SSSR count). The van der Waals surface area contributed by atoms with Gasteiger partial charge >= 0.3 is 0 Å². The summed E-state index contributed by atoms with van der Waals surface area (Å²) in [5.41, 5.74) is 9.42. The van der Waals surface area contributed by atoms with Gasteiger partial charge < -0.3 is 15.1 Å². The van der Waals surface area contributed by atoms with Crippen LogP contribution in [0.5, 0.6) is 0 Å². The zero-order valence-corrected chi connectivity index (χ0v) is 13.4. The molecule has 0 bridgehead atoms. The normalized spacial score (nSPS) is 10.9. The van der Waals surface area contributed by atoms with Gasteiger partial charge in [0.05, 0.1) is 12.0 Å². The van der Waals surface area contributed by atoms with Crippen molar-refractivity contribution in [1.29, 1.82) is 0 Å². The molecule has 0 saturated heterocycles. The quantitative estimate of drug-likeness (QED) is 0.758. The highest BCUT2D eigenvalue weighted by atomic mass is 16.3. The predicted molar refractivity (Wildman–Crippen MR) is 90.5 cm³/mol. The second-order valence-electron chi connectivity index (χ2n) is 5.17. The van der Waals surface area contributed by atoms with Gasteiger partial charge in [0, 0.05) is 25.3 Å². The molecular weight excluding hydrogens is 290 g/mol. The lowest BCUT2D eigenvalue weighted by Gasteiger charge is -2.21. The van der Waals surface area contributed by atoms with Gasteiger partial charge in [0.2, 0.25) is 0 Å². The molecule has 23 heavy (non-hydrogen) atoms. The Morgan fingerprint density at radius 3 is 2.43 bits per heavy atom. The largest absolute Gasteiger partial charge is 0.463 e. The fourth-order valence-electron chi connectivity index (χ4n) is 2.68. The molecule has 2 heterocycles. The Kier molecular flexibility index (Phi) is 4.43. The maximum absolute atomic E-state index is 5.78. The number of furan rings is 1. The lowest BCUT2D eigenvalue weighted by Crippen LogP contribution is -2.21. The van der Waals surface area contributed by atoms with E-state index in [4.69, 9.17) is 10.2 Å². The summed E-state index contributed by atoms with van der Waals surface area (Å²) in [5, 5.41) is 8.42. The molecule has 0 amide bonds. The first-order valence-electron chi connectivity index (χ1n) is 7.82. The molecule has 120 valence electrons. The molecule has 1 aromatic carbocycles. The molecule has 0 aliphatic rings. The summed E-state index contributed by atoms with van der Waals surface area (Å²) in [6.07, 6.45) is 1.64. The Bertz CT molecular complexity index is 742. The van der Waals surface area contributed by atoms with Crippen molar-refractivity contribution in [3.05, 3.63) is 48.4 Å². The molecule has 0 unspecified atom stereocenters. The third kappa shape index (κ3) is 2.85. The van der Waals surface area contributed by atoms with E-state index in [0.717, 1.165) is 24.5 Å². The maximum Gasteiger partial charge on any atom is 0.154 e. The van der Waals surface area contributed by atoms with Crippen LogP contribution in [0.4, 0.5) is 5.69 Å². The van der Waals surface area contributed by atoms with Crippen LogP contribution in [0.1, 0.15) is 19.5 Å². The number of aromatic nitrogens is 3. The molecule has 0 spiro atoms. The number of hydrogen-bond acceptors (Lipinski definition) is 5. The van der Waals surface area contributed by atoms with Crippen molar-refractivity contribution < 1.29 is 4.42 Å². The van der Waals surface area contributed by atoms with Gasteiger partial charge in [-0.05, 0) is 50.2 Å². The molecule has 2 N–H and O–H groups in total. The molecule has 0 aliphatic carbocycles. The van der Waals surface area contributed by atoms with Crippen LogP contribution in [-0.4, -0.2) is 28.1 Å². The number of rotatable bonds is 6. The highest BCUT2D eigenvalue weighted by Gasteiger charge is 2.17. The van der Waals surface area contributed by atoms with E-state index in [2.05, 4.69) is 41.2 Å². The number of nitrogens with two attached hydrogens (primary N) is 1. The molecule has 0 fully saturated rings. The predicted octanol–water partition coefficient (Wildman–Crippen LogP) is 2.83. The maximum atomic E-state index is 5.78. The van der Waals surface area contributed by atoms with Gasteiger partial charge in [-0.15, -0.1) is 5.10 Å². The molecule has 0 atom stereocenters. The van der Waals surface area contributed by atoms with Gasteiger partial charge in [-0.25, -0.2) is 4.68 Å². The number of hydrogen-bond donors (Lipinski definition) is 1. The fourth-order valence-corrected chi connectivity index (χ4v) is 2.68. The minimum Gasteiger partial charge on any atom is -0.463 e. The van der Waals surface area contributed by atoms with Crippen molar-refractivity contribution in [1.82, 2.24) is 15.0 Å². The van der Waals surface area contributed by atoms with Crippen LogP contribution in [0.15, 0.2) is 47.1 Å². The van der Waals surface area contributed by atoms with Gasteiger partial charge in [0.1, 0.15) is 11.4 Å². The average Bonchev–Trinajstić information content (AvgIpc) is 3.25. The Morgan fingerprint density at radius 2 is 1.87 bits per heavy atom. The lowest BCUT2D eigenvalue weighted by molar-refractivity contribution is 0.576. The summed E-state index contributed by atoms with van der Waals surface area (Å²) >= 11 is 0. The van der Waals surface area contributed by atoms with E-state index in [9.17, 15) is 0 Å². The average molecular weight is 311 g/mol. The molecule has 6 heteroatoms. The van der Waals surface area contributed by atoms with Crippen LogP contribution >= 0.6 is 0 Å². The Hall–Kier alpha value is -2.60. The summed E-state index contributed by atoms with van der Waals surface area (Å²) in [4.78, 5) is 2.30. The summed E-state index contributed by atoms with van der Waals surface area (Å²) in [6.45, 7) is 6.57. The van der Waals surface area contributed by atoms with E-state index < -0.39 is 0 Å². The Balaban J connectivity index is 2.01. The van der Waals surface area contributed by atoms with Gasteiger partial charge in [-0.2, -0.15) is 0 Å². The van der Waals surface area contributed by atoms with E-state index in [1.165, 1.54) is 5.69 Å². The lowest BCUT2D eigenvalue weighted by atomic mass is 10.2. The number of benzene rings is 1. The van der Waals surface area contributed by atoms with Crippen molar-refractivity contribution in [2.24, 2.45) is 5.73 Å². The van der Waals surface area contributed by atoms with Crippen LogP contribution < -0.4 is 10.6 Å². The van der Waals surface area contributed by atoms with Crippen molar-refractivity contribution in [3.8, 4) is 17.1 Å². The smallest absolute Gasteiger partial charge is 0.154 e. The van der Waals surface area contributed by atoms with Crippen LogP contribution in [0.3, 0.4) is 0 Å². The van der Waals surface area contributed by atoms with Crippen LogP contribution in [0.25, 0.3) is 17.1 Å². The van der Waals surface area contributed by atoms with Crippen molar-refractivity contribution in [2.45, 2.75) is 20.4 Å². The first-order valence-corrected chi connectivity index (χ1v) is 7.82. The van der Waals surface area contributed by atoms with Crippen molar-refractivity contribution in [3.63, 3.8) is 0 Å². The van der Waals surface area contributed by atoms with Crippen LogP contribution in [-0.2, 0) is 6.54 Å². The third-order valence-electron chi connectivity index (χ3n) is 3.91. The minimum atomic E-state index is 0.313.